The van der Waals surface area contributed by atoms with E-state index in [0.717, 1.165) is 12.8 Å². The molecule has 172 valence electrons. The predicted molar refractivity (Wildman–Crippen MR) is 111 cm³/mol. The number of benzene rings is 1. The van der Waals surface area contributed by atoms with E-state index in [-0.39, 0.29) is 16.5 Å². The molecule has 9 heteroatoms. The first kappa shape index (κ1) is 22.3. The van der Waals surface area contributed by atoms with E-state index in [2.05, 4.69) is 0 Å². The second-order valence-electron chi connectivity index (χ2n) is 9.64. The number of hydrogen-bond acceptors (Lipinski definition) is 7. The van der Waals surface area contributed by atoms with Gasteiger partial charge in [-0.2, -0.15) is 0 Å². The third-order valence-electron chi connectivity index (χ3n) is 6.22. The minimum absolute atomic E-state index is 0.151. The number of imide groups is 1. The molecule has 0 radical (unpaired) electrons. The van der Waals surface area contributed by atoms with Crippen LogP contribution in [0, 0.1) is 5.41 Å². The summed E-state index contributed by atoms with van der Waals surface area (Å²) >= 11 is 0. The van der Waals surface area contributed by atoms with Crippen LogP contribution in [-0.4, -0.2) is 65.2 Å². The van der Waals surface area contributed by atoms with Crippen molar-refractivity contribution in [3.63, 3.8) is 0 Å². The molecule has 0 aromatic heterocycles. The highest BCUT2D eigenvalue weighted by Gasteiger charge is 2.48. The maximum absolute atomic E-state index is 13.1. The predicted octanol–water partition coefficient (Wildman–Crippen LogP) is 2.94. The molecule has 0 N–H and O–H groups in total. The van der Waals surface area contributed by atoms with Crippen molar-refractivity contribution in [1.82, 2.24) is 9.96 Å². The molecule has 3 aliphatic rings. The smallest absolute Gasteiger partial charge is 0.411 e. The van der Waals surface area contributed by atoms with Crippen molar-refractivity contribution < 1.29 is 33.5 Å². The largest absolute Gasteiger partial charge is 0.444 e. The van der Waals surface area contributed by atoms with Crippen molar-refractivity contribution in [3.05, 3.63) is 35.4 Å². The summed E-state index contributed by atoms with van der Waals surface area (Å²) in [7, 11) is 0. The average Bonchev–Trinajstić information content (AvgIpc) is 2.98. The van der Waals surface area contributed by atoms with Crippen molar-refractivity contribution in [2.45, 2.75) is 58.1 Å². The zero-order chi connectivity index (χ0) is 23.1. The van der Waals surface area contributed by atoms with Gasteiger partial charge in [0.05, 0.1) is 11.1 Å². The van der Waals surface area contributed by atoms with Crippen LogP contribution in [0.5, 0.6) is 0 Å². The van der Waals surface area contributed by atoms with Gasteiger partial charge >= 0.3 is 12.1 Å². The van der Waals surface area contributed by atoms with Gasteiger partial charge in [-0.3, -0.25) is 14.5 Å². The standard InChI is InChI=1S/C23H28N2O7/c1-22(2,3)31-21(29)24-14-23(10-12-30-13-11-23)9-8-17(24)20(28)32-25-18(26)15-6-4-5-7-16(15)19(25)27/h4-7,17H,8-14H2,1-3H3. The first-order valence-electron chi connectivity index (χ1n) is 10.9. The summed E-state index contributed by atoms with van der Waals surface area (Å²) in [5, 5.41) is 0.485. The highest BCUT2D eigenvalue weighted by atomic mass is 16.7. The molecule has 1 spiro atoms. The number of rotatable bonds is 2. The number of piperidine rings is 1. The molecule has 2 saturated heterocycles. The third-order valence-corrected chi connectivity index (χ3v) is 6.22. The summed E-state index contributed by atoms with van der Waals surface area (Å²) in [6.45, 7) is 6.80. The average molecular weight is 444 g/mol. The van der Waals surface area contributed by atoms with Crippen molar-refractivity contribution in [1.29, 1.82) is 0 Å². The lowest BCUT2D eigenvalue weighted by molar-refractivity contribution is -0.178. The minimum atomic E-state index is -0.956. The van der Waals surface area contributed by atoms with Gasteiger partial charge in [0.1, 0.15) is 11.6 Å². The summed E-state index contributed by atoms with van der Waals surface area (Å²) in [5.74, 6) is -2.22. The number of hydroxylamine groups is 2. The van der Waals surface area contributed by atoms with Crippen LogP contribution in [0.2, 0.25) is 0 Å². The number of amides is 3. The van der Waals surface area contributed by atoms with Crippen LogP contribution >= 0.6 is 0 Å². The molecule has 1 atom stereocenters. The summed E-state index contributed by atoms with van der Waals surface area (Å²) in [4.78, 5) is 57.9. The van der Waals surface area contributed by atoms with Crippen molar-refractivity contribution >= 4 is 23.9 Å². The Morgan fingerprint density at radius 1 is 1.03 bits per heavy atom. The van der Waals surface area contributed by atoms with Gasteiger partial charge in [-0.15, -0.1) is 0 Å². The normalized spacial score (nSPS) is 22.7. The maximum Gasteiger partial charge on any atom is 0.411 e. The molecule has 0 aliphatic carbocycles. The molecule has 3 heterocycles. The van der Waals surface area contributed by atoms with E-state index in [0.29, 0.717) is 37.7 Å². The van der Waals surface area contributed by atoms with Crippen LogP contribution in [0.1, 0.15) is 67.2 Å². The molecule has 4 rings (SSSR count). The van der Waals surface area contributed by atoms with Crippen LogP contribution in [0.15, 0.2) is 24.3 Å². The van der Waals surface area contributed by atoms with Crippen LogP contribution in [0.3, 0.4) is 0 Å². The Kier molecular flexibility index (Phi) is 5.70. The number of carbonyl (C=O) groups excluding carboxylic acids is 4. The Morgan fingerprint density at radius 3 is 2.19 bits per heavy atom. The quantitative estimate of drug-likeness (QED) is 0.646. The summed E-state index contributed by atoms with van der Waals surface area (Å²) in [6, 6.07) is 5.32. The van der Waals surface area contributed by atoms with E-state index in [4.69, 9.17) is 14.3 Å². The van der Waals surface area contributed by atoms with Gasteiger partial charge in [0.15, 0.2) is 0 Å². The number of ether oxygens (including phenoxy) is 2. The fourth-order valence-corrected chi connectivity index (χ4v) is 4.52. The zero-order valence-corrected chi connectivity index (χ0v) is 18.6. The Morgan fingerprint density at radius 2 is 1.62 bits per heavy atom. The molecule has 3 aliphatic heterocycles. The van der Waals surface area contributed by atoms with E-state index in [1.807, 2.05) is 0 Å². The van der Waals surface area contributed by atoms with Gasteiger partial charge in [0, 0.05) is 19.8 Å². The van der Waals surface area contributed by atoms with Crippen LogP contribution in [0.4, 0.5) is 4.79 Å². The van der Waals surface area contributed by atoms with Crippen LogP contribution in [0.25, 0.3) is 0 Å². The molecule has 1 unspecified atom stereocenters. The van der Waals surface area contributed by atoms with E-state index in [1.54, 1.807) is 32.9 Å². The fraction of sp³-hybridized carbons (Fsp3) is 0.565. The van der Waals surface area contributed by atoms with E-state index >= 15 is 0 Å². The Balaban J connectivity index is 1.54. The lowest BCUT2D eigenvalue weighted by atomic mass is 9.72. The second-order valence-corrected chi connectivity index (χ2v) is 9.64. The monoisotopic (exact) mass is 444 g/mol. The Hall–Kier alpha value is -2.94. The molecular weight excluding hydrogens is 416 g/mol. The molecule has 32 heavy (non-hydrogen) atoms. The Bertz CT molecular complexity index is 911. The molecule has 0 bridgehead atoms. The molecule has 0 saturated carbocycles. The van der Waals surface area contributed by atoms with Crippen LogP contribution < -0.4 is 0 Å². The van der Waals surface area contributed by atoms with Crippen molar-refractivity contribution in [2.24, 2.45) is 5.41 Å². The zero-order valence-electron chi connectivity index (χ0n) is 18.6. The van der Waals surface area contributed by atoms with Gasteiger partial charge in [-0.1, -0.05) is 17.2 Å². The lowest BCUT2D eigenvalue weighted by Gasteiger charge is -2.47. The number of fused-ring (bicyclic) bond motifs is 1. The topological polar surface area (TPSA) is 102 Å². The van der Waals surface area contributed by atoms with E-state index in [1.165, 1.54) is 17.0 Å². The van der Waals surface area contributed by atoms with Gasteiger partial charge in [0.25, 0.3) is 11.8 Å². The number of carbonyl (C=O) groups is 4. The summed E-state index contributed by atoms with van der Waals surface area (Å²) in [6.07, 6.45) is 2.00. The van der Waals surface area contributed by atoms with Crippen molar-refractivity contribution in [3.8, 4) is 0 Å². The lowest BCUT2D eigenvalue weighted by Crippen LogP contribution is -2.57. The maximum atomic E-state index is 13.1. The minimum Gasteiger partial charge on any atom is -0.444 e. The summed E-state index contributed by atoms with van der Waals surface area (Å²) < 4.78 is 11.0. The molecule has 1 aromatic rings. The van der Waals surface area contributed by atoms with Gasteiger partial charge in [-0.25, -0.2) is 9.59 Å². The number of likely N-dealkylation sites (tertiary alicyclic amines) is 1. The van der Waals surface area contributed by atoms with Gasteiger partial charge < -0.3 is 14.3 Å². The van der Waals surface area contributed by atoms with Gasteiger partial charge in [0.2, 0.25) is 0 Å². The van der Waals surface area contributed by atoms with Gasteiger partial charge in [-0.05, 0) is 64.0 Å². The molecular formula is C23H28N2O7. The Labute approximate surface area is 186 Å². The fourth-order valence-electron chi connectivity index (χ4n) is 4.52. The first-order chi connectivity index (χ1) is 15.1. The van der Waals surface area contributed by atoms with E-state index < -0.39 is 35.5 Å². The molecule has 2 fully saturated rings. The number of nitrogens with zero attached hydrogens (tertiary/aromatic N) is 2. The third kappa shape index (κ3) is 4.21. The highest BCUT2D eigenvalue weighted by Crippen LogP contribution is 2.42. The SMILES string of the molecule is CC(C)(C)OC(=O)N1CC2(CCOCC2)CCC1C(=O)ON1C(=O)c2ccccc2C1=O. The summed E-state index contributed by atoms with van der Waals surface area (Å²) in [5.41, 5.74) is -0.534. The number of hydrogen-bond donors (Lipinski definition) is 0. The molecule has 1 aromatic carbocycles. The molecule has 3 amide bonds. The second kappa shape index (κ2) is 8.20. The van der Waals surface area contributed by atoms with Crippen molar-refractivity contribution in [2.75, 3.05) is 19.8 Å². The van der Waals surface area contributed by atoms with E-state index in [9.17, 15) is 19.2 Å². The molecule has 9 nitrogen and oxygen atoms in total. The highest BCUT2D eigenvalue weighted by molar-refractivity contribution is 6.20. The van der Waals surface area contributed by atoms with Crippen LogP contribution in [-0.2, 0) is 19.1 Å². The first-order valence-corrected chi connectivity index (χ1v) is 10.9.